The Bertz CT molecular complexity index is 506. The minimum absolute atomic E-state index is 0.0664. The van der Waals surface area contributed by atoms with Crippen molar-refractivity contribution in [2.45, 2.75) is 13.3 Å². The molecule has 0 aliphatic rings. The summed E-state index contributed by atoms with van der Waals surface area (Å²) in [5.74, 6) is 0.851. The van der Waals surface area contributed by atoms with E-state index in [9.17, 15) is 4.79 Å². The van der Waals surface area contributed by atoms with E-state index in [-0.39, 0.29) is 5.78 Å². The van der Waals surface area contributed by atoms with Gasteiger partial charge in [-0.3, -0.25) is 9.78 Å². The van der Waals surface area contributed by atoms with Crippen LogP contribution in [0.15, 0.2) is 48.7 Å². The highest BCUT2D eigenvalue weighted by Crippen LogP contribution is 2.13. The molecule has 0 N–H and O–H groups in total. The topological polar surface area (TPSA) is 39.2 Å². The number of benzene rings is 1. The van der Waals surface area contributed by atoms with Crippen LogP contribution in [0.2, 0.25) is 0 Å². The van der Waals surface area contributed by atoms with Gasteiger partial charge in [0, 0.05) is 17.5 Å². The fourth-order valence-electron chi connectivity index (χ4n) is 1.67. The Balaban J connectivity index is 2.05. The van der Waals surface area contributed by atoms with Crippen molar-refractivity contribution in [3.63, 3.8) is 0 Å². The number of rotatable bonds is 5. The molecule has 0 saturated heterocycles. The highest BCUT2D eigenvalue weighted by Gasteiger charge is 2.07. The van der Waals surface area contributed by atoms with Crippen molar-refractivity contribution < 1.29 is 9.53 Å². The molecule has 0 aliphatic carbocycles. The number of hydrogen-bond acceptors (Lipinski definition) is 3. The molecule has 2 aromatic rings. The normalized spacial score (nSPS) is 10.1. The molecule has 0 fully saturated rings. The molecule has 1 heterocycles. The van der Waals surface area contributed by atoms with Crippen LogP contribution in [0.1, 0.15) is 23.0 Å². The Labute approximate surface area is 106 Å². The molecular formula is C15H15NO2. The van der Waals surface area contributed by atoms with E-state index in [4.69, 9.17) is 4.74 Å². The standard InChI is InChI=1S/C15H15NO2/c1-2-18-14-8-6-12(7-9-14)15(17)11-13-5-3-4-10-16-13/h3-10H,2,11H2,1H3. The first-order valence-corrected chi connectivity index (χ1v) is 5.95. The summed E-state index contributed by atoms with van der Waals surface area (Å²) in [4.78, 5) is 16.1. The van der Waals surface area contributed by atoms with Gasteiger partial charge < -0.3 is 4.74 Å². The van der Waals surface area contributed by atoms with Crippen molar-refractivity contribution in [2.75, 3.05) is 6.61 Å². The summed E-state index contributed by atoms with van der Waals surface area (Å²) in [6.45, 7) is 2.56. The molecule has 0 bridgehead atoms. The summed E-state index contributed by atoms with van der Waals surface area (Å²) in [6, 6.07) is 12.8. The molecule has 0 aliphatic heterocycles. The molecular weight excluding hydrogens is 226 g/mol. The second kappa shape index (κ2) is 5.96. The molecule has 92 valence electrons. The number of nitrogens with zero attached hydrogens (tertiary/aromatic N) is 1. The summed E-state index contributed by atoms with van der Waals surface area (Å²) < 4.78 is 5.34. The van der Waals surface area contributed by atoms with Crippen LogP contribution in [0.4, 0.5) is 0 Å². The molecule has 1 aromatic heterocycles. The summed E-state index contributed by atoms with van der Waals surface area (Å²) in [7, 11) is 0. The predicted molar refractivity (Wildman–Crippen MR) is 69.9 cm³/mol. The van der Waals surface area contributed by atoms with E-state index >= 15 is 0 Å². The molecule has 1 aromatic carbocycles. The third kappa shape index (κ3) is 3.17. The quantitative estimate of drug-likeness (QED) is 0.755. The fourth-order valence-corrected chi connectivity index (χ4v) is 1.67. The zero-order chi connectivity index (χ0) is 12.8. The summed E-state index contributed by atoms with van der Waals surface area (Å²) in [5.41, 5.74) is 1.47. The van der Waals surface area contributed by atoms with Crippen LogP contribution in [-0.4, -0.2) is 17.4 Å². The molecule has 3 nitrogen and oxygen atoms in total. The van der Waals surface area contributed by atoms with Gasteiger partial charge in [0.15, 0.2) is 5.78 Å². The lowest BCUT2D eigenvalue weighted by atomic mass is 10.1. The Morgan fingerprint density at radius 1 is 1.17 bits per heavy atom. The first-order chi connectivity index (χ1) is 8.79. The van der Waals surface area contributed by atoms with Crippen molar-refractivity contribution in [1.82, 2.24) is 4.98 Å². The number of Topliss-reactive ketones (excluding diaryl/α,β-unsaturated/α-hetero) is 1. The van der Waals surface area contributed by atoms with Gasteiger partial charge in [-0.2, -0.15) is 0 Å². The molecule has 0 unspecified atom stereocenters. The lowest BCUT2D eigenvalue weighted by Gasteiger charge is -2.04. The van der Waals surface area contributed by atoms with Crippen LogP contribution < -0.4 is 4.74 Å². The van der Waals surface area contributed by atoms with Gasteiger partial charge in [-0.15, -0.1) is 0 Å². The lowest BCUT2D eigenvalue weighted by Crippen LogP contribution is -2.04. The third-order valence-corrected chi connectivity index (χ3v) is 2.56. The van der Waals surface area contributed by atoms with Crippen LogP contribution in [0.25, 0.3) is 0 Å². The summed E-state index contributed by atoms with van der Waals surface area (Å²) >= 11 is 0. The van der Waals surface area contributed by atoms with Crippen molar-refractivity contribution in [1.29, 1.82) is 0 Å². The van der Waals surface area contributed by atoms with Crippen LogP contribution in [-0.2, 0) is 6.42 Å². The van der Waals surface area contributed by atoms with Gasteiger partial charge in [0.05, 0.1) is 13.0 Å². The number of pyridine rings is 1. The minimum atomic E-state index is 0.0664. The van der Waals surface area contributed by atoms with Crippen molar-refractivity contribution in [3.05, 3.63) is 59.9 Å². The molecule has 18 heavy (non-hydrogen) atoms. The van der Waals surface area contributed by atoms with Gasteiger partial charge in [-0.25, -0.2) is 0 Å². The molecule has 0 spiro atoms. The van der Waals surface area contributed by atoms with Crippen LogP contribution in [0.3, 0.4) is 0 Å². The van der Waals surface area contributed by atoms with E-state index in [0.717, 1.165) is 11.4 Å². The maximum Gasteiger partial charge on any atom is 0.168 e. The third-order valence-electron chi connectivity index (χ3n) is 2.56. The lowest BCUT2D eigenvalue weighted by molar-refractivity contribution is 0.0992. The Morgan fingerprint density at radius 3 is 2.56 bits per heavy atom. The smallest absolute Gasteiger partial charge is 0.168 e. The zero-order valence-corrected chi connectivity index (χ0v) is 10.3. The van der Waals surface area contributed by atoms with Gasteiger partial charge in [0.2, 0.25) is 0 Å². The van der Waals surface area contributed by atoms with Crippen LogP contribution in [0.5, 0.6) is 5.75 Å². The largest absolute Gasteiger partial charge is 0.494 e. The number of carbonyl (C=O) groups excluding carboxylic acids is 1. The van der Waals surface area contributed by atoms with Gasteiger partial charge in [0.25, 0.3) is 0 Å². The minimum Gasteiger partial charge on any atom is -0.494 e. The number of ketones is 1. The van der Waals surface area contributed by atoms with Crippen LogP contribution in [0, 0.1) is 0 Å². The molecule has 0 saturated carbocycles. The van der Waals surface area contributed by atoms with E-state index in [0.29, 0.717) is 18.6 Å². The van der Waals surface area contributed by atoms with E-state index in [1.165, 1.54) is 0 Å². The molecule has 0 amide bonds. The first kappa shape index (κ1) is 12.3. The van der Waals surface area contributed by atoms with Gasteiger partial charge >= 0.3 is 0 Å². The Hall–Kier alpha value is -2.16. The van der Waals surface area contributed by atoms with Gasteiger partial charge in [0.1, 0.15) is 5.75 Å². The van der Waals surface area contributed by atoms with Gasteiger partial charge in [-0.1, -0.05) is 6.07 Å². The van der Waals surface area contributed by atoms with Crippen LogP contribution >= 0.6 is 0 Å². The van der Waals surface area contributed by atoms with Crippen molar-refractivity contribution in [3.8, 4) is 5.75 Å². The van der Waals surface area contributed by atoms with E-state index in [1.54, 1.807) is 18.3 Å². The Morgan fingerprint density at radius 2 is 1.94 bits per heavy atom. The monoisotopic (exact) mass is 241 g/mol. The molecule has 0 radical (unpaired) electrons. The van der Waals surface area contributed by atoms with E-state index in [2.05, 4.69) is 4.98 Å². The molecule has 0 atom stereocenters. The van der Waals surface area contributed by atoms with E-state index in [1.807, 2.05) is 37.3 Å². The second-order valence-electron chi connectivity index (χ2n) is 3.88. The summed E-state index contributed by atoms with van der Waals surface area (Å²) in [6.07, 6.45) is 2.02. The highest BCUT2D eigenvalue weighted by molar-refractivity contribution is 5.97. The van der Waals surface area contributed by atoms with Crippen molar-refractivity contribution >= 4 is 5.78 Å². The molecule has 3 heteroatoms. The summed E-state index contributed by atoms with van der Waals surface area (Å²) in [5, 5.41) is 0. The fraction of sp³-hybridized carbons (Fsp3) is 0.200. The SMILES string of the molecule is CCOc1ccc(C(=O)Cc2ccccn2)cc1. The molecule has 2 rings (SSSR count). The zero-order valence-electron chi connectivity index (χ0n) is 10.3. The van der Waals surface area contributed by atoms with E-state index < -0.39 is 0 Å². The van der Waals surface area contributed by atoms with Crippen molar-refractivity contribution in [2.24, 2.45) is 0 Å². The maximum atomic E-state index is 12.0. The number of carbonyl (C=O) groups is 1. The number of aromatic nitrogens is 1. The predicted octanol–water partition coefficient (Wildman–Crippen LogP) is 2.91. The second-order valence-corrected chi connectivity index (χ2v) is 3.88. The number of ether oxygens (including phenoxy) is 1. The number of hydrogen-bond donors (Lipinski definition) is 0. The highest BCUT2D eigenvalue weighted by atomic mass is 16.5. The maximum absolute atomic E-state index is 12.0. The Kier molecular flexibility index (Phi) is 4.07. The van der Waals surface area contributed by atoms with Gasteiger partial charge in [-0.05, 0) is 43.3 Å². The first-order valence-electron chi connectivity index (χ1n) is 5.95. The average Bonchev–Trinajstić information content (AvgIpc) is 2.41. The average molecular weight is 241 g/mol.